The number of nitrogens with zero attached hydrogens (tertiary/aromatic N) is 4. The van der Waals surface area contributed by atoms with Gasteiger partial charge in [-0.3, -0.25) is 14.4 Å². The molecule has 0 saturated heterocycles. The van der Waals surface area contributed by atoms with Crippen molar-refractivity contribution in [2.75, 3.05) is 0 Å². The number of aryl methyl sites for hydroxylation is 2. The SMILES string of the molecule is Cc1sc2c(c1C)C(c1ccc(I)cc1)=NC(CC(=O)OC(C)(C)C)c1nnc(C)n1-2. The zero-order valence-corrected chi connectivity index (χ0v) is 21.5. The molecule has 1 unspecified atom stereocenters. The molecular weight excluding hydrogens is 523 g/mol. The summed E-state index contributed by atoms with van der Waals surface area (Å²) in [7, 11) is 0. The summed E-state index contributed by atoms with van der Waals surface area (Å²) in [5.74, 6) is 1.16. The van der Waals surface area contributed by atoms with E-state index in [4.69, 9.17) is 9.73 Å². The van der Waals surface area contributed by atoms with Crippen molar-refractivity contribution >= 4 is 45.6 Å². The van der Waals surface area contributed by atoms with E-state index in [9.17, 15) is 4.79 Å². The molecule has 1 aliphatic heterocycles. The molecule has 3 aromatic rings. The molecule has 1 atom stereocenters. The first-order valence-electron chi connectivity index (χ1n) is 10.1. The summed E-state index contributed by atoms with van der Waals surface area (Å²) in [6.07, 6.45) is 0.107. The van der Waals surface area contributed by atoms with Crippen molar-refractivity contribution in [2.45, 2.75) is 59.6 Å². The van der Waals surface area contributed by atoms with Crippen LogP contribution in [0.5, 0.6) is 0 Å². The highest BCUT2D eigenvalue weighted by atomic mass is 127. The Bertz CT molecular complexity index is 1190. The van der Waals surface area contributed by atoms with E-state index in [1.807, 2.05) is 27.7 Å². The molecule has 4 rings (SSSR count). The monoisotopic (exact) mass is 548 g/mol. The summed E-state index contributed by atoms with van der Waals surface area (Å²) < 4.78 is 8.81. The third kappa shape index (κ3) is 4.32. The van der Waals surface area contributed by atoms with Crippen LogP contribution in [0.1, 0.15) is 66.5 Å². The van der Waals surface area contributed by atoms with Gasteiger partial charge >= 0.3 is 5.97 Å². The quantitative estimate of drug-likeness (QED) is 0.321. The molecule has 0 spiro atoms. The number of fused-ring (bicyclic) bond motifs is 3. The van der Waals surface area contributed by atoms with E-state index in [-0.39, 0.29) is 12.4 Å². The maximum atomic E-state index is 12.7. The lowest BCUT2D eigenvalue weighted by Crippen LogP contribution is -2.25. The minimum Gasteiger partial charge on any atom is -0.460 e. The highest BCUT2D eigenvalue weighted by molar-refractivity contribution is 14.1. The van der Waals surface area contributed by atoms with Crippen LogP contribution < -0.4 is 0 Å². The molecule has 0 N–H and O–H groups in total. The molecule has 1 aliphatic rings. The summed E-state index contributed by atoms with van der Waals surface area (Å²) in [5.41, 5.74) is 3.62. The number of hydrogen-bond donors (Lipinski definition) is 0. The van der Waals surface area contributed by atoms with Crippen LogP contribution in [0.4, 0.5) is 0 Å². The number of esters is 1. The van der Waals surface area contributed by atoms with Crippen LogP contribution in [0.2, 0.25) is 0 Å². The van der Waals surface area contributed by atoms with Gasteiger partial charge in [0, 0.05) is 19.6 Å². The second kappa shape index (κ2) is 8.12. The molecule has 2 aromatic heterocycles. The van der Waals surface area contributed by atoms with Gasteiger partial charge in [0.25, 0.3) is 0 Å². The molecule has 0 fully saturated rings. The average Bonchev–Trinajstić information content (AvgIpc) is 3.14. The summed E-state index contributed by atoms with van der Waals surface area (Å²) in [6.45, 7) is 11.8. The number of carbonyl (C=O) groups excluding carboxylic acids is 1. The van der Waals surface area contributed by atoms with E-state index in [1.165, 1.54) is 10.4 Å². The fourth-order valence-electron chi connectivity index (χ4n) is 3.67. The molecule has 6 nitrogen and oxygen atoms in total. The van der Waals surface area contributed by atoms with Gasteiger partial charge in [0.15, 0.2) is 5.82 Å². The largest absolute Gasteiger partial charge is 0.460 e. The van der Waals surface area contributed by atoms with E-state index in [0.717, 1.165) is 31.2 Å². The smallest absolute Gasteiger partial charge is 0.308 e. The number of aliphatic imine (C=N–C) groups is 1. The normalized spacial score (nSPS) is 15.7. The van der Waals surface area contributed by atoms with E-state index < -0.39 is 11.6 Å². The standard InChI is InChI=1S/C23H25IN4O2S/c1-12-13(2)31-22-19(12)20(15-7-9-16(24)10-8-15)25-17(11-18(29)30-23(4,5)6)21-27-26-14(3)28(21)22/h7-10,17H,11H2,1-6H3. The number of benzene rings is 1. The fraction of sp³-hybridized carbons (Fsp3) is 0.391. The van der Waals surface area contributed by atoms with Gasteiger partial charge in [0.05, 0.1) is 12.1 Å². The maximum absolute atomic E-state index is 12.7. The summed E-state index contributed by atoms with van der Waals surface area (Å²) >= 11 is 4.01. The molecule has 0 amide bonds. The third-order valence-electron chi connectivity index (χ3n) is 5.14. The molecule has 8 heteroatoms. The van der Waals surface area contributed by atoms with Crippen LogP contribution in [-0.2, 0) is 9.53 Å². The van der Waals surface area contributed by atoms with Crippen LogP contribution in [0.25, 0.3) is 5.00 Å². The van der Waals surface area contributed by atoms with Gasteiger partial charge < -0.3 is 4.74 Å². The van der Waals surface area contributed by atoms with E-state index in [1.54, 1.807) is 11.3 Å². The third-order valence-corrected chi connectivity index (χ3v) is 7.05. The highest BCUT2D eigenvalue weighted by Crippen LogP contribution is 2.39. The lowest BCUT2D eigenvalue weighted by atomic mass is 10.00. The van der Waals surface area contributed by atoms with Gasteiger partial charge in [0.1, 0.15) is 22.5 Å². The minimum absolute atomic E-state index is 0.107. The number of hydrogen-bond acceptors (Lipinski definition) is 6. The summed E-state index contributed by atoms with van der Waals surface area (Å²) in [4.78, 5) is 19.1. The molecule has 0 bridgehead atoms. The molecule has 162 valence electrons. The number of aromatic nitrogens is 3. The topological polar surface area (TPSA) is 69.4 Å². The molecule has 1 aromatic carbocycles. The van der Waals surface area contributed by atoms with Crippen molar-refractivity contribution in [1.29, 1.82) is 0 Å². The first-order chi connectivity index (χ1) is 14.5. The van der Waals surface area contributed by atoms with Gasteiger partial charge in [-0.2, -0.15) is 0 Å². The lowest BCUT2D eigenvalue weighted by molar-refractivity contribution is -0.155. The van der Waals surface area contributed by atoms with Crippen molar-refractivity contribution in [3.05, 3.63) is 61.1 Å². The van der Waals surface area contributed by atoms with Crippen molar-refractivity contribution in [3.63, 3.8) is 0 Å². The Labute approximate surface area is 199 Å². The maximum Gasteiger partial charge on any atom is 0.308 e. The summed E-state index contributed by atoms with van der Waals surface area (Å²) in [5, 5.41) is 9.80. The minimum atomic E-state index is -0.555. The van der Waals surface area contributed by atoms with Gasteiger partial charge in [-0.25, -0.2) is 0 Å². The zero-order valence-electron chi connectivity index (χ0n) is 18.5. The number of halogens is 1. The van der Waals surface area contributed by atoms with Crippen LogP contribution in [0.15, 0.2) is 29.3 Å². The van der Waals surface area contributed by atoms with Crippen molar-refractivity contribution in [1.82, 2.24) is 14.8 Å². The second-order valence-corrected chi connectivity index (χ2v) is 11.1. The van der Waals surface area contributed by atoms with Crippen molar-refractivity contribution in [3.8, 4) is 5.00 Å². The first kappa shape index (κ1) is 22.1. The Kier molecular flexibility index (Phi) is 5.80. The number of ether oxygens (including phenoxy) is 1. The highest BCUT2D eigenvalue weighted by Gasteiger charge is 2.33. The van der Waals surface area contributed by atoms with E-state index >= 15 is 0 Å². The van der Waals surface area contributed by atoms with Crippen molar-refractivity contribution < 1.29 is 9.53 Å². The Hall–Kier alpha value is -2.07. The van der Waals surface area contributed by atoms with E-state index in [0.29, 0.717) is 5.82 Å². The van der Waals surface area contributed by atoms with Crippen LogP contribution >= 0.6 is 33.9 Å². The van der Waals surface area contributed by atoms with E-state index in [2.05, 4.69) is 75.5 Å². The average molecular weight is 548 g/mol. The molecular formula is C23H25IN4O2S. The van der Waals surface area contributed by atoms with Crippen LogP contribution in [0.3, 0.4) is 0 Å². The van der Waals surface area contributed by atoms with Crippen LogP contribution in [0, 0.1) is 24.3 Å². The predicted octanol–water partition coefficient (Wildman–Crippen LogP) is 5.48. The Morgan fingerprint density at radius 3 is 2.48 bits per heavy atom. The Morgan fingerprint density at radius 1 is 1.16 bits per heavy atom. The molecule has 0 aliphatic carbocycles. The first-order valence-corrected chi connectivity index (χ1v) is 12.0. The van der Waals surface area contributed by atoms with Gasteiger partial charge in [-0.05, 0) is 81.8 Å². The second-order valence-electron chi connectivity index (χ2n) is 8.70. The molecule has 0 radical (unpaired) electrons. The summed E-state index contributed by atoms with van der Waals surface area (Å²) in [6, 6.07) is 7.84. The molecule has 0 saturated carbocycles. The number of carbonyl (C=O) groups is 1. The van der Waals surface area contributed by atoms with Crippen molar-refractivity contribution in [2.24, 2.45) is 4.99 Å². The number of thiophene rings is 1. The Balaban J connectivity index is 1.91. The van der Waals surface area contributed by atoms with Gasteiger partial charge in [-0.1, -0.05) is 12.1 Å². The number of rotatable bonds is 3. The fourth-order valence-corrected chi connectivity index (χ4v) is 5.25. The predicted molar refractivity (Wildman–Crippen MR) is 131 cm³/mol. The lowest BCUT2D eigenvalue weighted by Gasteiger charge is -2.21. The molecule has 31 heavy (non-hydrogen) atoms. The van der Waals surface area contributed by atoms with Gasteiger partial charge in [-0.15, -0.1) is 21.5 Å². The van der Waals surface area contributed by atoms with Crippen LogP contribution in [-0.4, -0.2) is 32.0 Å². The Morgan fingerprint density at radius 2 is 1.84 bits per heavy atom. The van der Waals surface area contributed by atoms with Gasteiger partial charge in [0.2, 0.25) is 0 Å². The zero-order chi connectivity index (χ0) is 22.5. The molecule has 3 heterocycles.